The molecule has 0 aromatic carbocycles. The molecule has 0 saturated carbocycles. The van der Waals surface area contributed by atoms with E-state index in [4.69, 9.17) is 0 Å². The molecule has 0 aliphatic carbocycles. The van der Waals surface area contributed by atoms with Crippen LogP contribution in [0.15, 0.2) is 24.4 Å². The molecule has 0 N–H and O–H groups in total. The molecule has 15 heavy (non-hydrogen) atoms. The number of Topliss-reactive ketones (excluding diaryl/α,β-unsaturated/α-hetero) is 1. The summed E-state index contributed by atoms with van der Waals surface area (Å²) >= 11 is 0. The van der Waals surface area contributed by atoms with Gasteiger partial charge in [0.05, 0.1) is 6.54 Å². The summed E-state index contributed by atoms with van der Waals surface area (Å²) in [5.74, 6) is -0.0193. The van der Waals surface area contributed by atoms with Gasteiger partial charge in [0.25, 0.3) is 5.91 Å². The smallest absolute Gasteiger partial charge is 0.272 e. The predicted octanol–water partition coefficient (Wildman–Crippen LogP) is 0.887. The van der Waals surface area contributed by atoms with Crippen molar-refractivity contribution < 1.29 is 9.59 Å². The van der Waals surface area contributed by atoms with Gasteiger partial charge in [0.15, 0.2) is 5.78 Å². The van der Waals surface area contributed by atoms with Gasteiger partial charge in [-0.15, -0.1) is 0 Å². The highest BCUT2D eigenvalue weighted by Crippen LogP contribution is 2.09. The van der Waals surface area contributed by atoms with E-state index in [2.05, 4.69) is 4.98 Å². The van der Waals surface area contributed by atoms with Crippen LogP contribution in [0.5, 0.6) is 0 Å². The topological polar surface area (TPSA) is 50.3 Å². The molecule has 4 nitrogen and oxygen atoms in total. The van der Waals surface area contributed by atoms with E-state index in [1.165, 1.54) is 0 Å². The summed E-state index contributed by atoms with van der Waals surface area (Å²) < 4.78 is 0. The van der Waals surface area contributed by atoms with Crippen LogP contribution in [0, 0.1) is 0 Å². The van der Waals surface area contributed by atoms with Gasteiger partial charge in [-0.25, -0.2) is 0 Å². The Morgan fingerprint density at radius 2 is 2.27 bits per heavy atom. The summed E-state index contributed by atoms with van der Waals surface area (Å²) in [6.45, 7) is 0.885. The fourth-order valence-electron chi connectivity index (χ4n) is 1.66. The second-order valence-electron chi connectivity index (χ2n) is 3.58. The normalized spacial score (nSPS) is 16.5. The van der Waals surface area contributed by atoms with Crippen molar-refractivity contribution in [3.8, 4) is 0 Å². The number of nitrogens with zero attached hydrogens (tertiary/aromatic N) is 2. The lowest BCUT2D eigenvalue weighted by Gasteiger charge is -2.25. The third kappa shape index (κ3) is 2.21. The molecule has 1 aliphatic heterocycles. The quantitative estimate of drug-likeness (QED) is 0.682. The number of pyridine rings is 1. The molecule has 1 fully saturated rings. The number of amides is 1. The first-order chi connectivity index (χ1) is 7.27. The predicted molar refractivity (Wildman–Crippen MR) is 54.4 cm³/mol. The van der Waals surface area contributed by atoms with Gasteiger partial charge in [-0.05, 0) is 18.6 Å². The van der Waals surface area contributed by atoms with E-state index in [0.29, 0.717) is 18.7 Å². The Morgan fingerprint density at radius 3 is 2.93 bits per heavy atom. The maximum atomic E-state index is 11.9. The van der Waals surface area contributed by atoms with E-state index < -0.39 is 0 Å². The fraction of sp³-hybridized carbons (Fsp3) is 0.364. The Labute approximate surface area is 87.9 Å². The van der Waals surface area contributed by atoms with Crippen molar-refractivity contribution in [3.63, 3.8) is 0 Å². The number of hydrogen-bond acceptors (Lipinski definition) is 3. The molecule has 2 heterocycles. The first-order valence-corrected chi connectivity index (χ1v) is 4.99. The van der Waals surface area contributed by atoms with E-state index in [0.717, 1.165) is 6.42 Å². The van der Waals surface area contributed by atoms with Gasteiger partial charge in [0.2, 0.25) is 0 Å². The SMILES string of the molecule is O=C1CCCN(C(=O)c2ccccn2)C1. The summed E-state index contributed by atoms with van der Waals surface area (Å²) in [7, 11) is 0. The van der Waals surface area contributed by atoms with Crippen molar-refractivity contribution in [2.24, 2.45) is 0 Å². The number of likely N-dealkylation sites (tertiary alicyclic amines) is 1. The number of hydrogen-bond donors (Lipinski definition) is 0. The van der Waals surface area contributed by atoms with E-state index in [1.807, 2.05) is 0 Å². The minimum absolute atomic E-state index is 0.130. The molecule has 1 saturated heterocycles. The monoisotopic (exact) mass is 204 g/mol. The third-order valence-electron chi connectivity index (χ3n) is 2.42. The van der Waals surface area contributed by atoms with Gasteiger partial charge in [0, 0.05) is 19.2 Å². The van der Waals surface area contributed by atoms with E-state index >= 15 is 0 Å². The van der Waals surface area contributed by atoms with Gasteiger partial charge in [0.1, 0.15) is 5.69 Å². The number of ketones is 1. The van der Waals surface area contributed by atoms with Crippen molar-refractivity contribution in [3.05, 3.63) is 30.1 Å². The Balaban J connectivity index is 2.11. The molecule has 4 heteroatoms. The molecular formula is C11H12N2O2. The van der Waals surface area contributed by atoms with Gasteiger partial charge < -0.3 is 4.90 Å². The zero-order valence-electron chi connectivity index (χ0n) is 8.35. The molecule has 0 atom stereocenters. The first-order valence-electron chi connectivity index (χ1n) is 4.99. The van der Waals surface area contributed by atoms with Crippen molar-refractivity contribution in [1.29, 1.82) is 0 Å². The molecule has 1 amide bonds. The minimum atomic E-state index is -0.149. The van der Waals surface area contributed by atoms with Crippen LogP contribution in [0.3, 0.4) is 0 Å². The second-order valence-corrected chi connectivity index (χ2v) is 3.58. The average Bonchev–Trinajstić information content (AvgIpc) is 2.29. The number of carbonyl (C=O) groups is 2. The van der Waals surface area contributed by atoms with E-state index in [-0.39, 0.29) is 18.2 Å². The number of carbonyl (C=O) groups excluding carboxylic acids is 2. The van der Waals surface area contributed by atoms with E-state index in [1.54, 1.807) is 29.3 Å². The van der Waals surface area contributed by atoms with Crippen LogP contribution in [-0.2, 0) is 4.79 Å². The standard InChI is InChI=1S/C11H12N2O2/c14-9-4-3-7-13(8-9)11(15)10-5-1-2-6-12-10/h1-2,5-6H,3-4,7-8H2. The third-order valence-corrected chi connectivity index (χ3v) is 2.42. The molecule has 1 aromatic heterocycles. The Hall–Kier alpha value is -1.71. The van der Waals surface area contributed by atoms with Crippen LogP contribution in [-0.4, -0.2) is 34.7 Å². The van der Waals surface area contributed by atoms with Crippen LogP contribution in [0.2, 0.25) is 0 Å². The molecule has 1 aliphatic rings. The van der Waals surface area contributed by atoms with Crippen LogP contribution < -0.4 is 0 Å². The zero-order chi connectivity index (χ0) is 10.7. The van der Waals surface area contributed by atoms with Crippen LogP contribution in [0.4, 0.5) is 0 Å². The van der Waals surface area contributed by atoms with Crippen molar-refractivity contribution in [2.45, 2.75) is 12.8 Å². The zero-order valence-corrected chi connectivity index (χ0v) is 8.35. The molecule has 0 unspecified atom stereocenters. The maximum absolute atomic E-state index is 11.9. The minimum Gasteiger partial charge on any atom is -0.330 e. The highest BCUT2D eigenvalue weighted by molar-refractivity contribution is 5.95. The lowest BCUT2D eigenvalue weighted by atomic mass is 10.1. The average molecular weight is 204 g/mol. The Bertz CT molecular complexity index is 375. The summed E-state index contributed by atoms with van der Waals surface area (Å²) in [5.41, 5.74) is 0.409. The Morgan fingerprint density at radius 1 is 1.40 bits per heavy atom. The highest BCUT2D eigenvalue weighted by Gasteiger charge is 2.22. The summed E-state index contributed by atoms with van der Waals surface area (Å²) in [5, 5.41) is 0. The fourth-order valence-corrected chi connectivity index (χ4v) is 1.66. The van der Waals surface area contributed by atoms with Crippen molar-refractivity contribution in [1.82, 2.24) is 9.88 Å². The largest absolute Gasteiger partial charge is 0.330 e. The van der Waals surface area contributed by atoms with Crippen LogP contribution in [0.25, 0.3) is 0 Å². The Kier molecular flexibility index (Phi) is 2.76. The lowest BCUT2D eigenvalue weighted by molar-refractivity contribution is -0.121. The van der Waals surface area contributed by atoms with Crippen molar-refractivity contribution >= 4 is 11.7 Å². The van der Waals surface area contributed by atoms with Gasteiger partial charge >= 0.3 is 0 Å². The number of piperidine rings is 1. The van der Waals surface area contributed by atoms with Gasteiger partial charge in [-0.2, -0.15) is 0 Å². The molecular weight excluding hydrogens is 192 g/mol. The number of aromatic nitrogens is 1. The summed E-state index contributed by atoms with van der Waals surface area (Å²) in [6.07, 6.45) is 2.93. The molecule has 78 valence electrons. The summed E-state index contributed by atoms with van der Waals surface area (Å²) in [4.78, 5) is 28.6. The van der Waals surface area contributed by atoms with Gasteiger partial charge in [-0.1, -0.05) is 6.07 Å². The van der Waals surface area contributed by atoms with E-state index in [9.17, 15) is 9.59 Å². The molecule has 1 aromatic rings. The maximum Gasteiger partial charge on any atom is 0.272 e. The molecule has 2 rings (SSSR count). The molecule has 0 radical (unpaired) electrons. The second kappa shape index (κ2) is 4.21. The molecule has 0 bridgehead atoms. The highest BCUT2D eigenvalue weighted by atomic mass is 16.2. The van der Waals surface area contributed by atoms with Crippen LogP contribution in [0.1, 0.15) is 23.3 Å². The number of rotatable bonds is 1. The van der Waals surface area contributed by atoms with Crippen molar-refractivity contribution in [2.75, 3.05) is 13.1 Å². The first kappa shape index (κ1) is 9.83. The lowest BCUT2D eigenvalue weighted by Crippen LogP contribution is -2.40. The van der Waals surface area contributed by atoms with Crippen LogP contribution >= 0.6 is 0 Å². The molecule has 0 spiro atoms. The summed E-state index contributed by atoms with van der Waals surface area (Å²) in [6, 6.07) is 5.20. The van der Waals surface area contributed by atoms with Gasteiger partial charge in [-0.3, -0.25) is 14.6 Å².